The van der Waals surface area contributed by atoms with Crippen LogP contribution in [0.25, 0.3) is 0 Å². The monoisotopic (exact) mass is 279 g/mol. The van der Waals surface area contributed by atoms with Gasteiger partial charge in [0.25, 0.3) is 0 Å². The summed E-state index contributed by atoms with van der Waals surface area (Å²) >= 11 is 5.69. The van der Waals surface area contributed by atoms with Gasteiger partial charge in [0.2, 0.25) is 10.0 Å². The molecule has 1 N–H and O–H groups in total. The molecule has 94 valence electrons. The van der Waals surface area contributed by atoms with Gasteiger partial charge in [-0.2, -0.15) is 0 Å². The number of hydrogen-bond donors (Lipinski definition) is 1. The third-order valence-electron chi connectivity index (χ3n) is 2.20. The summed E-state index contributed by atoms with van der Waals surface area (Å²) in [4.78, 5) is 10.9. The van der Waals surface area contributed by atoms with Crippen molar-refractivity contribution in [2.75, 3.05) is 7.05 Å². The molecule has 0 unspecified atom stereocenters. The number of Topliss-reactive ketones (excluding diaryl/α,β-unsaturated/α-hetero) is 1. The van der Waals surface area contributed by atoms with Crippen molar-refractivity contribution in [2.24, 2.45) is 0 Å². The van der Waals surface area contributed by atoms with Crippen molar-refractivity contribution in [3.63, 3.8) is 0 Å². The van der Waals surface area contributed by atoms with Crippen LogP contribution in [0.2, 0.25) is 5.02 Å². The van der Waals surface area contributed by atoms with Gasteiger partial charge in [0.1, 0.15) is 10.7 Å². The molecule has 7 heteroatoms. The topological polar surface area (TPSA) is 63.2 Å². The van der Waals surface area contributed by atoms with E-state index in [4.69, 9.17) is 11.6 Å². The first-order chi connectivity index (χ1) is 7.83. The highest BCUT2D eigenvalue weighted by molar-refractivity contribution is 7.89. The Bertz CT molecular complexity index is 557. The number of rotatable bonds is 4. The average Bonchev–Trinajstić information content (AvgIpc) is 2.27. The molecule has 0 spiro atoms. The van der Waals surface area contributed by atoms with Crippen LogP contribution in [-0.2, 0) is 10.0 Å². The number of nitrogens with one attached hydrogen (secondary N) is 1. The van der Waals surface area contributed by atoms with Crippen molar-refractivity contribution >= 4 is 27.4 Å². The summed E-state index contributed by atoms with van der Waals surface area (Å²) in [5.41, 5.74) is 0.00407. The van der Waals surface area contributed by atoms with E-state index in [-0.39, 0.29) is 22.8 Å². The quantitative estimate of drug-likeness (QED) is 0.857. The van der Waals surface area contributed by atoms with E-state index in [1.165, 1.54) is 0 Å². The number of ketones is 1. The van der Waals surface area contributed by atoms with E-state index in [1.54, 1.807) is 6.92 Å². The first-order valence-electron chi connectivity index (χ1n) is 4.79. The predicted octanol–water partition coefficient (Wildman–Crippen LogP) is 1.98. The minimum absolute atomic E-state index is 0.00407. The summed E-state index contributed by atoms with van der Waals surface area (Å²) in [5, 5.41) is -0.0931. The van der Waals surface area contributed by atoms with Crippen molar-refractivity contribution in [3.8, 4) is 0 Å². The van der Waals surface area contributed by atoms with Crippen LogP contribution in [0.1, 0.15) is 23.7 Å². The van der Waals surface area contributed by atoms with Gasteiger partial charge in [0.15, 0.2) is 5.78 Å². The average molecular weight is 280 g/mol. The fourth-order valence-corrected chi connectivity index (χ4v) is 2.31. The minimum Gasteiger partial charge on any atom is -0.294 e. The second-order valence-corrected chi connectivity index (χ2v) is 5.51. The Kier molecular flexibility index (Phi) is 4.24. The van der Waals surface area contributed by atoms with Gasteiger partial charge in [0.05, 0.1) is 5.02 Å². The maximum absolute atomic E-state index is 13.5. The van der Waals surface area contributed by atoms with Crippen LogP contribution in [-0.4, -0.2) is 21.2 Å². The predicted molar refractivity (Wildman–Crippen MR) is 62.3 cm³/mol. The lowest BCUT2D eigenvalue weighted by Crippen LogP contribution is -2.20. The molecule has 0 aromatic heterocycles. The van der Waals surface area contributed by atoms with E-state index in [0.29, 0.717) is 0 Å². The number of hydrogen-bond acceptors (Lipinski definition) is 3. The van der Waals surface area contributed by atoms with Gasteiger partial charge < -0.3 is 0 Å². The van der Waals surface area contributed by atoms with E-state index in [1.807, 2.05) is 4.72 Å². The lowest BCUT2D eigenvalue weighted by atomic mass is 10.1. The Morgan fingerprint density at radius 2 is 2.06 bits per heavy atom. The standard InChI is InChI=1S/C10H11ClFNO3S/c1-3-9(14)6-4-10(17(15,16)13-2)8(12)5-7(6)11/h4-5,13H,3H2,1-2H3. The van der Waals surface area contributed by atoms with Crippen LogP contribution in [0.15, 0.2) is 17.0 Å². The fraction of sp³-hybridized carbons (Fsp3) is 0.300. The summed E-state index contributed by atoms with van der Waals surface area (Å²) < 4.78 is 38.4. The zero-order chi connectivity index (χ0) is 13.2. The van der Waals surface area contributed by atoms with Gasteiger partial charge in [-0.3, -0.25) is 4.79 Å². The van der Waals surface area contributed by atoms with Crippen LogP contribution in [0.5, 0.6) is 0 Å². The molecule has 0 saturated heterocycles. The summed E-state index contributed by atoms with van der Waals surface area (Å²) in [6.45, 7) is 1.61. The number of carbonyl (C=O) groups excluding carboxylic acids is 1. The van der Waals surface area contributed by atoms with Crippen molar-refractivity contribution in [2.45, 2.75) is 18.2 Å². The second-order valence-electron chi connectivity index (χ2n) is 3.25. The van der Waals surface area contributed by atoms with Crippen molar-refractivity contribution in [1.29, 1.82) is 0 Å². The Morgan fingerprint density at radius 1 is 1.47 bits per heavy atom. The molecular formula is C10H11ClFNO3S. The van der Waals surface area contributed by atoms with E-state index in [0.717, 1.165) is 19.2 Å². The van der Waals surface area contributed by atoms with Gasteiger partial charge in [-0.1, -0.05) is 18.5 Å². The molecule has 0 atom stereocenters. The molecule has 17 heavy (non-hydrogen) atoms. The minimum atomic E-state index is -3.95. The molecule has 0 aliphatic carbocycles. The molecule has 0 fully saturated rings. The first kappa shape index (κ1) is 14.1. The Hall–Kier alpha value is -0.980. The third kappa shape index (κ3) is 2.83. The van der Waals surface area contributed by atoms with Gasteiger partial charge in [-0.15, -0.1) is 0 Å². The van der Waals surface area contributed by atoms with Crippen molar-refractivity contribution in [1.82, 2.24) is 4.72 Å². The molecule has 1 aromatic carbocycles. The first-order valence-corrected chi connectivity index (χ1v) is 6.65. The number of benzene rings is 1. The number of carbonyl (C=O) groups is 1. The van der Waals surface area contributed by atoms with Gasteiger partial charge in [0, 0.05) is 12.0 Å². The molecule has 1 rings (SSSR count). The Morgan fingerprint density at radius 3 is 2.53 bits per heavy atom. The molecule has 0 saturated carbocycles. The third-order valence-corrected chi connectivity index (χ3v) is 3.94. The van der Waals surface area contributed by atoms with Crippen LogP contribution in [0.4, 0.5) is 4.39 Å². The van der Waals surface area contributed by atoms with Crippen molar-refractivity contribution in [3.05, 3.63) is 28.5 Å². The van der Waals surface area contributed by atoms with E-state index < -0.39 is 20.7 Å². The smallest absolute Gasteiger partial charge is 0.243 e. The maximum Gasteiger partial charge on any atom is 0.243 e. The molecule has 0 amide bonds. The molecule has 0 aliphatic rings. The number of halogens is 2. The van der Waals surface area contributed by atoms with E-state index in [2.05, 4.69) is 0 Å². The summed E-state index contributed by atoms with van der Waals surface area (Å²) in [5.74, 6) is -1.33. The Labute approximate surface area is 104 Å². The van der Waals surface area contributed by atoms with Gasteiger partial charge in [-0.25, -0.2) is 17.5 Å². The summed E-state index contributed by atoms with van der Waals surface area (Å²) in [6.07, 6.45) is 0.157. The van der Waals surface area contributed by atoms with Crippen LogP contribution >= 0.6 is 11.6 Å². The highest BCUT2D eigenvalue weighted by atomic mass is 35.5. The normalized spacial score (nSPS) is 11.5. The van der Waals surface area contributed by atoms with E-state index in [9.17, 15) is 17.6 Å². The zero-order valence-electron chi connectivity index (χ0n) is 9.25. The molecule has 1 aromatic rings. The molecule has 0 heterocycles. The molecule has 0 bridgehead atoms. The SMILES string of the molecule is CCC(=O)c1cc(S(=O)(=O)NC)c(F)cc1Cl. The molecular weight excluding hydrogens is 269 g/mol. The van der Waals surface area contributed by atoms with Gasteiger partial charge in [-0.05, 0) is 19.2 Å². The molecule has 0 radical (unpaired) electrons. The molecule has 0 aliphatic heterocycles. The largest absolute Gasteiger partial charge is 0.294 e. The molecule has 4 nitrogen and oxygen atoms in total. The lowest BCUT2D eigenvalue weighted by molar-refractivity contribution is 0.0988. The lowest BCUT2D eigenvalue weighted by Gasteiger charge is -2.08. The van der Waals surface area contributed by atoms with Gasteiger partial charge >= 0.3 is 0 Å². The van der Waals surface area contributed by atoms with Crippen LogP contribution in [0.3, 0.4) is 0 Å². The number of sulfonamides is 1. The van der Waals surface area contributed by atoms with E-state index >= 15 is 0 Å². The second kappa shape index (κ2) is 5.12. The summed E-state index contributed by atoms with van der Waals surface area (Å²) in [7, 11) is -2.79. The Balaban J connectivity index is 3.50. The maximum atomic E-state index is 13.5. The summed E-state index contributed by atoms with van der Waals surface area (Å²) in [6, 6.07) is 1.78. The zero-order valence-corrected chi connectivity index (χ0v) is 10.8. The highest BCUT2D eigenvalue weighted by Crippen LogP contribution is 2.24. The van der Waals surface area contributed by atoms with Crippen LogP contribution in [0, 0.1) is 5.82 Å². The van der Waals surface area contributed by atoms with Crippen molar-refractivity contribution < 1.29 is 17.6 Å². The highest BCUT2D eigenvalue weighted by Gasteiger charge is 2.21. The fourth-order valence-electron chi connectivity index (χ4n) is 1.25. The van der Waals surface area contributed by atoms with Crippen LogP contribution < -0.4 is 4.72 Å².